The van der Waals surface area contributed by atoms with Crippen molar-refractivity contribution in [1.82, 2.24) is 20.3 Å². The molecule has 0 saturated carbocycles. The lowest BCUT2D eigenvalue weighted by molar-refractivity contribution is 0.183. The number of rotatable bonds is 7. The van der Waals surface area contributed by atoms with Crippen LogP contribution in [-0.2, 0) is 17.8 Å². The number of ether oxygens (including phenoxy) is 1. The van der Waals surface area contributed by atoms with Crippen molar-refractivity contribution in [3.8, 4) is 0 Å². The monoisotopic (exact) mass is 198 g/mol. The van der Waals surface area contributed by atoms with Crippen molar-refractivity contribution in [2.45, 2.75) is 26.4 Å². The summed E-state index contributed by atoms with van der Waals surface area (Å²) in [7, 11) is 1.68. The van der Waals surface area contributed by atoms with Gasteiger partial charge >= 0.3 is 0 Å². The Labute approximate surface area is 84.4 Å². The molecule has 0 saturated heterocycles. The number of nitrogens with one attached hydrogen (secondary N) is 1. The largest absolute Gasteiger partial charge is 0.383 e. The van der Waals surface area contributed by atoms with E-state index >= 15 is 0 Å². The summed E-state index contributed by atoms with van der Waals surface area (Å²) in [6, 6.07) is 0. The zero-order valence-electron chi connectivity index (χ0n) is 8.86. The highest BCUT2D eigenvalue weighted by molar-refractivity contribution is 4.91. The highest BCUT2D eigenvalue weighted by atomic mass is 16.5. The van der Waals surface area contributed by atoms with E-state index in [1.807, 2.05) is 6.20 Å². The second-order valence-corrected chi connectivity index (χ2v) is 3.14. The van der Waals surface area contributed by atoms with Crippen molar-refractivity contribution < 1.29 is 4.74 Å². The number of hydrogen-bond acceptors (Lipinski definition) is 4. The van der Waals surface area contributed by atoms with Crippen LogP contribution in [-0.4, -0.2) is 35.3 Å². The molecule has 0 spiro atoms. The Hall–Kier alpha value is -0.940. The highest BCUT2D eigenvalue weighted by Crippen LogP contribution is 1.92. The Morgan fingerprint density at radius 2 is 2.43 bits per heavy atom. The molecule has 1 rings (SSSR count). The average Bonchev–Trinajstić information content (AvgIpc) is 2.63. The Balaban J connectivity index is 2.27. The van der Waals surface area contributed by atoms with Crippen LogP contribution in [0.2, 0.25) is 0 Å². The first-order valence-electron chi connectivity index (χ1n) is 4.95. The third-order valence-corrected chi connectivity index (χ3v) is 1.84. The fourth-order valence-corrected chi connectivity index (χ4v) is 1.11. The first kappa shape index (κ1) is 11.1. The van der Waals surface area contributed by atoms with Gasteiger partial charge in [0.2, 0.25) is 0 Å². The predicted octanol–water partition coefficient (Wildman–Crippen LogP) is 0.424. The summed E-state index contributed by atoms with van der Waals surface area (Å²) < 4.78 is 6.75. The lowest BCUT2D eigenvalue weighted by atomic mass is 10.4. The topological polar surface area (TPSA) is 52.0 Å². The Morgan fingerprint density at radius 3 is 3.14 bits per heavy atom. The van der Waals surface area contributed by atoms with Gasteiger partial charge in [0.15, 0.2) is 0 Å². The molecule has 0 radical (unpaired) electrons. The zero-order chi connectivity index (χ0) is 10.2. The van der Waals surface area contributed by atoms with Gasteiger partial charge in [0.05, 0.1) is 18.8 Å². The second kappa shape index (κ2) is 6.50. The standard InChI is InChI=1S/C9H18N4O/c1-3-4-10-7-9-8-13(12-11-9)5-6-14-2/h8,10H,3-7H2,1-2H3. The van der Waals surface area contributed by atoms with Gasteiger partial charge in [-0.15, -0.1) is 5.10 Å². The van der Waals surface area contributed by atoms with E-state index in [2.05, 4.69) is 22.6 Å². The van der Waals surface area contributed by atoms with Gasteiger partial charge in [-0.05, 0) is 13.0 Å². The summed E-state index contributed by atoms with van der Waals surface area (Å²) in [5.41, 5.74) is 0.981. The van der Waals surface area contributed by atoms with Crippen LogP contribution in [0.15, 0.2) is 6.20 Å². The van der Waals surface area contributed by atoms with E-state index < -0.39 is 0 Å². The van der Waals surface area contributed by atoms with E-state index in [1.54, 1.807) is 11.8 Å². The van der Waals surface area contributed by atoms with E-state index in [-0.39, 0.29) is 0 Å². The zero-order valence-corrected chi connectivity index (χ0v) is 8.86. The van der Waals surface area contributed by atoms with Crippen molar-refractivity contribution in [3.63, 3.8) is 0 Å². The van der Waals surface area contributed by atoms with Crippen LogP contribution in [0.1, 0.15) is 19.0 Å². The lowest BCUT2D eigenvalue weighted by Gasteiger charge is -1.98. The molecule has 0 aliphatic carbocycles. The van der Waals surface area contributed by atoms with Crippen molar-refractivity contribution in [1.29, 1.82) is 0 Å². The summed E-state index contributed by atoms with van der Waals surface area (Å²) >= 11 is 0. The van der Waals surface area contributed by atoms with Crippen molar-refractivity contribution in [2.24, 2.45) is 0 Å². The summed E-state index contributed by atoms with van der Waals surface area (Å²) in [6.45, 7) is 5.39. The van der Waals surface area contributed by atoms with Crippen LogP contribution in [0.25, 0.3) is 0 Å². The summed E-state index contributed by atoms with van der Waals surface area (Å²) in [5, 5.41) is 11.3. The molecule has 0 bridgehead atoms. The molecular formula is C9H18N4O. The fourth-order valence-electron chi connectivity index (χ4n) is 1.11. The molecule has 1 aromatic rings. The lowest BCUT2D eigenvalue weighted by Crippen LogP contribution is -2.13. The second-order valence-electron chi connectivity index (χ2n) is 3.14. The van der Waals surface area contributed by atoms with Gasteiger partial charge in [-0.25, -0.2) is 4.68 Å². The SMILES string of the molecule is CCCNCc1cn(CCOC)nn1. The molecule has 5 nitrogen and oxygen atoms in total. The molecule has 14 heavy (non-hydrogen) atoms. The van der Waals surface area contributed by atoms with Gasteiger partial charge in [0.25, 0.3) is 0 Å². The van der Waals surface area contributed by atoms with Gasteiger partial charge in [-0.1, -0.05) is 12.1 Å². The molecule has 0 unspecified atom stereocenters. The van der Waals surface area contributed by atoms with Gasteiger partial charge < -0.3 is 10.1 Å². The molecule has 1 heterocycles. The average molecular weight is 198 g/mol. The Bertz CT molecular complexity index is 249. The van der Waals surface area contributed by atoms with Crippen molar-refractivity contribution in [2.75, 3.05) is 20.3 Å². The number of hydrogen-bond donors (Lipinski definition) is 1. The first-order valence-corrected chi connectivity index (χ1v) is 4.95. The van der Waals surface area contributed by atoms with Crippen LogP contribution in [0.4, 0.5) is 0 Å². The van der Waals surface area contributed by atoms with Gasteiger partial charge in [0.1, 0.15) is 0 Å². The molecule has 0 aliphatic heterocycles. The van der Waals surface area contributed by atoms with Gasteiger partial charge in [0, 0.05) is 19.9 Å². The van der Waals surface area contributed by atoms with Crippen molar-refractivity contribution in [3.05, 3.63) is 11.9 Å². The predicted molar refractivity (Wildman–Crippen MR) is 53.9 cm³/mol. The molecule has 0 atom stereocenters. The molecule has 80 valence electrons. The van der Waals surface area contributed by atoms with E-state index in [4.69, 9.17) is 4.74 Å². The third kappa shape index (κ3) is 3.85. The maximum absolute atomic E-state index is 4.95. The molecule has 0 aliphatic rings. The van der Waals surface area contributed by atoms with E-state index in [1.165, 1.54) is 0 Å². The van der Waals surface area contributed by atoms with E-state index in [0.29, 0.717) is 6.61 Å². The van der Waals surface area contributed by atoms with Crippen LogP contribution in [0.5, 0.6) is 0 Å². The maximum atomic E-state index is 4.95. The molecule has 0 amide bonds. The first-order chi connectivity index (χ1) is 6.86. The molecular weight excluding hydrogens is 180 g/mol. The molecule has 1 N–H and O–H groups in total. The van der Waals surface area contributed by atoms with Crippen LogP contribution in [0.3, 0.4) is 0 Å². The quantitative estimate of drug-likeness (QED) is 0.645. The maximum Gasteiger partial charge on any atom is 0.0964 e. The van der Waals surface area contributed by atoms with E-state index in [9.17, 15) is 0 Å². The van der Waals surface area contributed by atoms with Crippen LogP contribution >= 0.6 is 0 Å². The minimum Gasteiger partial charge on any atom is -0.383 e. The Kier molecular flexibility index (Phi) is 5.17. The van der Waals surface area contributed by atoms with Gasteiger partial charge in [-0.3, -0.25) is 0 Å². The Morgan fingerprint density at radius 1 is 1.57 bits per heavy atom. The third-order valence-electron chi connectivity index (χ3n) is 1.84. The summed E-state index contributed by atoms with van der Waals surface area (Å²) in [5.74, 6) is 0. The minimum absolute atomic E-state index is 0.672. The number of methoxy groups -OCH3 is 1. The molecule has 1 aromatic heterocycles. The normalized spacial score (nSPS) is 10.7. The minimum atomic E-state index is 0.672. The summed E-state index contributed by atoms with van der Waals surface area (Å²) in [4.78, 5) is 0. The van der Waals surface area contributed by atoms with Gasteiger partial charge in [-0.2, -0.15) is 0 Å². The fraction of sp³-hybridized carbons (Fsp3) is 0.778. The molecule has 0 aromatic carbocycles. The molecule has 0 fully saturated rings. The van der Waals surface area contributed by atoms with Crippen molar-refractivity contribution >= 4 is 0 Å². The van der Waals surface area contributed by atoms with Crippen LogP contribution < -0.4 is 5.32 Å². The summed E-state index contributed by atoms with van der Waals surface area (Å²) in [6.07, 6.45) is 3.08. The smallest absolute Gasteiger partial charge is 0.0964 e. The van der Waals surface area contributed by atoms with E-state index in [0.717, 1.165) is 31.7 Å². The van der Waals surface area contributed by atoms with Crippen LogP contribution in [0, 0.1) is 0 Å². The highest BCUT2D eigenvalue weighted by Gasteiger charge is 1.98. The number of nitrogens with zero attached hydrogens (tertiary/aromatic N) is 3. The molecule has 5 heteroatoms. The number of aromatic nitrogens is 3.